The van der Waals surface area contributed by atoms with Crippen molar-refractivity contribution in [1.29, 1.82) is 0 Å². The number of aromatic nitrogens is 2. The summed E-state index contributed by atoms with van der Waals surface area (Å²) in [4.78, 5) is 17.2. The average molecular weight is 341 g/mol. The number of benzene rings is 1. The summed E-state index contributed by atoms with van der Waals surface area (Å²) in [5, 5.41) is 1.90. The second kappa shape index (κ2) is 6.09. The van der Waals surface area contributed by atoms with E-state index >= 15 is 0 Å². The number of hydrogen-bond donors (Lipinski definition) is 0. The SMILES string of the molecule is CCCn1c(SC(C)C)nc2ccc(Br)cc2c1=O. The van der Waals surface area contributed by atoms with Crippen LogP contribution in [0.5, 0.6) is 0 Å². The molecule has 0 amide bonds. The van der Waals surface area contributed by atoms with Gasteiger partial charge in [0.2, 0.25) is 0 Å². The third kappa shape index (κ3) is 3.20. The molecular weight excluding hydrogens is 324 g/mol. The molecule has 2 aromatic rings. The number of thioether (sulfide) groups is 1. The lowest BCUT2D eigenvalue weighted by Crippen LogP contribution is -2.23. The highest BCUT2D eigenvalue weighted by Crippen LogP contribution is 2.23. The van der Waals surface area contributed by atoms with Crippen molar-refractivity contribution >= 4 is 38.6 Å². The van der Waals surface area contributed by atoms with E-state index in [1.807, 2.05) is 18.2 Å². The van der Waals surface area contributed by atoms with E-state index in [1.54, 1.807) is 16.3 Å². The molecule has 0 aliphatic heterocycles. The summed E-state index contributed by atoms with van der Waals surface area (Å²) < 4.78 is 2.70. The van der Waals surface area contributed by atoms with Gasteiger partial charge in [0.1, 0.15) is 0 Å². The number of nitrogens with zero attached hydrogens (tertiary/aromatic N) is 2. The van der Waals surface area contributed by atoms with E-state index in [4.69, 9.17) is 0 Å². The zero-order chi connectivity index (χ0) is 14.0. The van der Waals surface area contributed by atoms with Gasteiger partial charge in [0, 0.05) is 16.3 Å². The second-order valence-corrected chi connectivity index (χ2v) is 7.14. The predicted octanol–water partition coefficient (Wildman–Crippen LogP) is 4.07. The molecule has 1 aromatic heterocycles. The van der Waals surface area contributed by atoms with E-state index in [0.717, 1.165) is 21.6 Å². The third-order valence-electron chi connectivity index (χ3n) is 2.67. The number of rotatable bonds is 4. The van der Waals surface area contributed by atoms with Crippen molar-refractivity contribution in [3.05, 3.63) is 33.0 Å². The highest BCUT2D eigenvalue weighted by atomic mass is 79.9. The van der Waals surface area contributed by atoms with Crippen LogP contribution in [-0.4, -0.2) is 14.8 Å². The topological polar surface area (TPSA) is 34.9 Å². The van der Waals surface area contributed by atoms with Gasteiger partial charge < -0.3 is 0 Å². The third-order valence-corrected chi connectivity index (χ3v) is 4.16. The molecule has 0 N–H and O–H groups in total. The Labute approximate surface area is 125 Å². The second-order valence-electron chi connectivity index (χ2n) is 4.68. The normalized spacial score (nSPS) is 11.4. The van der Waals surface area contributed by atoms with Gasteiger partial charge in [0.15, 0.2) is 5.16 Å². The maximum Gasteiger partial charge on any atom is 0.262 e. The summed E-state index contributed by atoms with van der Waals surface area (Å²) in [5.74, 6) is 0. The standard InChI is InChI=1S/C14H17BrN2OS/c1-4-7-17-13(18)11-8-10(15)5-6-12(11)16-14(17)19-9(2)3/h5-6,8-9H,4,7H2,1-3H3. The molecule has 0 unspecified atom stereocenters. The van der Waals surface area contributed by atoms with E-state index in [9.17, 15) is 4.79 Å². The quantitative estimate of drug-likeness (QED) is 0.621. The van der Waals surface area contributed by atoms with Crippen molar-refractivity contribution in [2.24, 2.45) is 0 Å². The fourth-order valence-corrected chi connectivity index (χ4v) is 3.13. The molecule has 0 bridgehead atoms. The molecule has 3 nitrogen and oxygen atoms in total. The minimum atomic E-state index is 0.0521. The summed E-state index contributed by atoms with van der Waals surface area (Å²) in [6, 6.07) is 5.66. The Morgan fingerprint density at radius 1 is 1.42 bits per heavy atom. The minimum Gasteiger partial charge on any atom is -0.287 e. The van der Waals surface area contributed by atoms with Crippen LogP contribution < -0.4 is 5.56 Å². The smallest absolute Gasteiger partial charge is 0.262 e. The van der Waals surface area contributed by atoms with Gasteiger partial charge in [-0.1, -0.05) is 48.5 Å². The van der Waals surface area contributed by atoms with Crippen molar-refractivity contribution < 1.29 is 0 Å². The molecule has 2 rings (SSSR count). The lowest BCUT2D eigenvalue weighted by Gasteiger charge is -2.13. The Bertz CT molecular complexity index is 652. The minimum absolute atomic E-state index is 0.0521. The van der Waals surface area contributed by atoms with Gasteiger partial charge in [-0.05, 0) is 24.6 Å². The van der Waals surface area contributed by atoms with E-state index in [-0.39, 0.29) is 5.56 Å². The molecule has 0 aliphatic carbocycles. The van der Waals surface area contributed by atoms with E-state index in [0.29, 0.717) is 17.2 Å². The van der Waals surface area contributed by atoms with Gasteiger partial charge in [-0.15, -0.1) is 0 Å². The maximum atomic E-state index is 12.6. The zero-order valence-electron chi connectivity index (χ0n) is 11.3. The molecule has 102 valence electrons. The molecule has 19 heavy (non-hydrogen) atoms. The summed E-state index contributed by atoms with van der Waals surface area (Å²) in [6.45, 7) is 7.00. The molecule has 0 saturated carbocycles. The van der Waals surface area contributed by atoms with Gasteiger partial charge in [-0.2, -0.15) is 0 Å². The Balaban J connectivity index is 2.70. The van der Waals surface area contributed by atoms with Gasteiger partial charge >= 0.3 is 0 Å². The fraction of sp³-hybridized carbons (Fsp3) is 0.429. The molecular formula is C14H17BrN2OS. The first-order chi connectivity index (χ1) is 9.02. The molecule has 1 aromatic carbocycles. The molecule has 0 spiro atoms. The van der Waals surface area contributed by atoms with Crippen LogP contribution >= 0.6 is 27.7 Å². The number of hydrogen-bond acceptors (Lipinski definition) is 3. The summed E-state index contributed by atoms with van der Waals surface area (Å²) >= 11 is 5.05. The lowest BCUT2D eigenvalue weighted by atomic mass is 10.2. The Hall–Kier alpha value is -0.810. The highest BCUT2D eigenvalue weighted by Gasteiger charge is 2.12. The molecule has 0 fully saturated rings. The molecule has 0 saturated heterocycles. The van der Waals surface area contributed by atoms with Gasteiger partial charge in [0.25, 0.3) is 5.56 Å². The van der Waals surface area contributed by atoms with Crippen LogP contribution in [0.4, 0.5) is 0 Å². The van der Waals surface area contributed by atoms with Crippen molar-refractivity contribution in [2.75, 3.05) is 0 Å². The van der Waals surface area contributed by atoms with Crippen LogP contribution in [0.3, 0.4) is 0 Å². The summed E-state index contributed by atoms with van der Waals surface area (Å²) in [6.07, 6.45) is 0.923. The fourth-order valence-electron chi connectivity index (χ4n) is 1.89. The first-order valence-corrected chi connectivity index (χ1v) is 8.07. The summed E-state index contributed by atoms with van der Waals surface area (Å²) in [5.41, 5.74) is 0.819. The van der Waals surface area contributed by atoms with Crippen molar-refractivity contribution in [3.8, 4) is 0 Å². The van der Waals surface area contributed by atoms with E-state index in [1.165, 1.54) is 0 Å². The van der Waals surface area contributed by atoms with Crippen LogP contribution in [0.25, 0.3) is 10.9 Å². The van der Waals surface area contributed by atoms with Crippen molar-refractivity contribution in [3.63, 3.8) is 0 Å². The largest absolute Gasteiger partial charge is 0.287 e. The van der Waals surface area contributed by atoms with Crippen LogP contribution in [0.15, 0.2) is 32.6 Å². The molecule has 0 atom stereocenters. The Morgan fingerprint density at radius 3 is 2.79 bits per heavy atom. The van der Waals surface area contributed by atoms with Crippen LogP contribution in [0.1, 0.15) is 27.2 Å². The predicted molar refractivity (Wildman–Crippen MR) is 85.0 cm³/mol. The first-order valence-electron chi connectivity index (χ1n) is 6.39. The van der Waals surface area contributed by atoms with Crippen LogP contribution in [0.2, 0.25) is 0 Å². The number of halogens is 1. The molecule has 1 heterocycles. The highest BCUT2D eigenvalue weighted by molar-refractivity contribution is 9.10. The molecule has 0 aliphatic rings. The summed E-state index contributed by atoms with van der Waals surface area (Å²) in [7, 11) is 0. The molecule has 5 heteroatoms. The Morgan fingerprint density at radius 2 is 2.16 bits per heavy atom. The van der Waals surface area contributed by atoms with Gasteiger partial charge in [0.05, 0.1) is 10.9 Å². The average Bonchev–Trinajstić information content (AvgIpc) is 2.34. The van der Waals surface area contributed by atoms with Crippen molar-refractivity contribution in [1.82, 2.24) is 9.55 Å². The Kier molecular flexibility index (Phi) is 4.68. The van der Waals surface area contributed by atoms with E-state index in [2.05, 4.69) is 41.7 Å². The van der Waals surface area contributed by atoms with E-state index < -0.39 is 0 Å². The molecule has 0 radical (unpaired) electrons. The van der Waals surface area contributed by atoms with Crippen molar-refractivity contribution in [2.45, 2.75) is 44.1 Å². The monoisotopic (exact) mass is 340 g/mol. The maximum absolute atomic E-state index is 12.6. The first kappa shape index (κ1) is 14.6. The van der Waals surface area contributed by atoms with Gasteiger partial charge in [-0.3, -0.25) is 9.36 Å². The zero-order valence-corrected chi connectivity index (χ0v) is 13.7. The van der Waals surface area contributed by atoms with Crippen LogP contribution in [-0.2, 0) is 6.54 Å². The lowest BCUT2D eigenvalue weighted by molar-refractivity contribution is 0.584. The number of fused-ring (bicyclic) bond motifs is 1. The van der Waals surface area contributed by atoms with Crippen LogP contribution in [0, 0.1) is 0 Å². The van der Waals surface area contributed by atoms with Gasteiger partial charge in [-0.25, -0.2) is 4.98 Å².